The van der Waals surface area contributed by atoms with Gasteiger partial charge in [-0.2, -0.15) is 5.26 Å². The summed E-state index contributed by atoms with van der Waals surface area (Å²) in [6, 6.07) is 18.7. The number of aryl methyl sites for hydroxylation is 1. The molecule has 2 atom stereocenters. The van der Waals surface area contributed by atoms with Crippen molar-refractivity contribution in [2.75, 3.05) is 0 Å². The summed E-state index contributed by atoms with van der Waals surface area (Å²) in [5, 5.41) is 9.79. The third-order valence-electron chi connectivity index (χ3n) is 5.67. The standard InChI is InChI=1S/C24H19ClN4O2/c1-28-22-11-18(6-7-21(22)27-24(28)20-10-16(20)13-26)29-9-8-19(12-23(29)30)31-14-15-2-4-17(25)5-3-15/h2-9,11-12,16,20H,10,14H2,1H3. The average Bonchev–Trinajstić information content (AvgIpc) is 3.49. The molecule has 0 N–H and O–H groups in total. The highest BCUT2D eigenvalue weighted by Crippen LogP contribution is 2.46. The van der Waals surface area contributed by atoms with Crippen molar-refractivity contribution in [1.29, 1.82) is 5.26 Å². The summed E-state index contributed by atoms with van der Waals surface area (Å²) in [7, 11) is 1.96. The minimum absolute atomic E-state index is 0.0537. The zero-order chi connectivity index (χ0) is 21.5. The first-order valence-electron chi connectivity index (χ1n) is 10.00. The Morgan fingerprint density at radius 3 is 2.71 bits per heavy atom. The van der Waals surface area contributed by atoms with E-state index in [1.807, 2.05) is 54.1 Å². The Labute approximate surface area is 183 Å². The number of benzene rings is 2. The monoisotopic (exact) mass is 430 g/mol. The molecule has 4 aromatic rings. The fourth-order valence-corrected chi connectivity index (χ4v) is 3.94. The van der Waals surface area contributed by atoms with Crippen LogP contribution in [0.4, 0.5) is 0 Å². The van der Waals surface area contributed by atoms with Crippen LogP contribution >= 0.6 is 11.6 Å². The van der Waals surface area contributed by atoms with Gasteiger partial charge in [-0.25, -0.2) is 4.98 Å². The summed E-state index contributed by atoms with van der Waals surface area (Å²) in [6.07, 6.45) is 2.57. The molecular weight excluding hydrogens is 412 g/mol. The highest BCUT2D eigenvalue weighted by Gasteiger charge is 2.41. The van der Waals surface area contributed by atoms with Gasteiger partial charge in [-0.05, 0) is 48.4 Å². The lowest BCUT2D eigenvalue weighted by Crippen LogP contribution is -2.16. The fraction of sp³-hybridized carbons (Fsp3) is 0.208. The van der Waals surface area contributed by atoms with Crippen LogP contribution in [0.2, 0.25) is 5.02 Å². The van der Waals surface area contributed by atoms with Gasteiger partial charge in [-0.1, -0.05) is 23.7 Å². The molecule has 6 nitrogen and oxygen atoms in total. The van der Waals surface area contributed by atoms with E-state index in [4.69, 9.17) is 26.6 Å². The van der Waals surface area contributed by atoms with Gasteiger partial charge in [-0.15, -0.1) is 0 Å². The van der Waals surface area contributed by atoms with E-state index in [2.05, 4.69) is 6.07 Å². The second-order valence-electron chi connectivity index (χ2n) is 7.77. The SMILES string of the molecule is Cn1c(C2CC2C#N)nc2ccc(-n3ccc(OCc4ccc(Cl)cc4)cc3=O)cc21. The lowest BCUT2D eigenvalue weighted by Gasteiger charge is -2.10. The second kappa shape index (κ2) is 7.60. The van der Waals surface area contributed by atoms with Crippen LogP contribution in [0.5, 0.6) is 5.75 Å². The number of halogens is 1. The normalized spacial score (nSPS) is 17.5. The van der Waals surface area contributed by atoms with Crippen molar-refractivity contribution in [2.45, 2.75) is 18.9 Å². The first-order chi connectivity index (χ1) is 15.0. The molecule has 0 amide bonds. The number of ether oxygens (including phenoxy) is 1. The van der Waals surface area contributed by atoms with Crippen molar-refractivity contribution in [1.82, 2.24) is 14.1 Å². The van der Waals surface area contributed by atoms with Gasteiger partial charge in [0.25, 0.3) is 5.56 Å². The van der Waals surface area contributed by atoms with Gasteiger partial charge in [0.05, 0.1) is 28.7 Å². The number of hydrogen-bond acceptors (Lipinski definition) is 4. The highest BCUT2D eigenvalue weighted by atomic mass is 35.5. The van der Waals surface area contributed by atoms with E-state index in [1.54, 1.807) is 16.8 Å². The zero-order valence-corrected chi connectivity index (χ0v) is 17.6. The third-order valence-corrected chi connectivity index (χ3v) is 5.93. The second-order valence-corrected chi connectivity index (χ2v) is 8.20. The Kier molecular flexibility index (Phi) is 4.76. The molecule has 0 spiro atoms. The van der Waals surface area contributed by atoms with Crippen LogP contribution in [0.25, 0.3) is 16.7 Å². The Balaban J connectivity index is 1.39. The predicted octanol–water partition coefficient (Wildman–Crippen LogP) is 4.58. The molecule has 0 aliphatic heterocycles. The van der Waals surface area contributed by atoms with Gasteiger partial charge in [0.1, 0.15) is 18.2 Å². The molecule has 5 rings (SSSR count). The predicted molar refractivity (Wildman–Crippen MR) is 119 cm³/mol. The number of imidazole rings is 1. The molecule has 2 aromatic carbocycles. The summed E-state index contributed by atoms with van der Waals surface area (Å²) in [5.41, 5.74) is 3.35. The summed E-state index contributed by atoms with van der Waals surface area (Å²) >= 11 is 5.90. The summed E-state index contributed by atoms with van der Waals surface area (Å²) < 4.78 is 9.36. The zero-order valence-electron chi connectivity index (χ0n) is 16.8. The first-order valence-corrected chi connectivity index (χ1v) is 10.4. The van der Waals surface area contributed by atoms with Crippen molar-refractivity contribution in [3.8, 4) is 17.5 Å². The van der Waals surface area contributed by atoms with Crippen LogP contribution < -0.4 is 10.3 Å². The molecule has 154 valence electrons. The smallest absolute Gasteiger partial charge is 0.258 e. The summed E-state index contributed by atoms with van der Waals surface area (Å²) in [4.78, 5) is 17.4. The number of nitrogens with zero attached hydrogens (tertiary/aromatic N) is 4. The number of aromatic nitrogens is 3. The molecule has 7 heteroatoms. The van der Waals surface area contributed by atoms with E-state index >= 15 is 0 Å². The minimum atomic E-state index is -0.179. The van der Waals surface area contributed by atoms with Crippen LogP contribution in [0, 0.1) is 17.2 Å². The van der Waals surface area contributed by atoms with Gasteiger partial charge >= 0.3 is 0 Å². The van der Waals surface area contributed by atoms with Gasteiger partial charge in [0.2, 0.25) is 0 Å². The molecule has 0 saturated heterocycles. The van der Waals surface area contributed by atoms with Gasteiger partial charge < -0.3 is 9.30 Å². The van der Waals surface area contributed by atoms with Crippen LogP contribution in [-0.2, 0) is 13.7 Å². The molecule has 31 heavy (non-hydrogen) atoms. The maximum absolute atomic E-state index is 12.7. The van der Waals surface area contributed by atoms with E-state index in [0.29, 0.717) is 17.4 Å². The molecule has 1 saturated carbocycles. The Morgan fingerprint density at radius 2 is 2.00 bits per heavy atom. The topological polar surface area (TPSA) is 72.8 Å². The minimum Gasteiger partial charge on any atom is -0.489 e. The van der Waals surface area contributed by atoms with Crippen molar-refractivity contribution >= 4 is 22.6 Å². The molecule has 0 radical (unpaired) electrons. The maximum Gasteiger partial charge on any atom is 0.258 e. The lowest BCUT2D eigenvalue weighted by atomic mass is 10.2. The maximum atomic E-state index is 12.7. The average molecular weight is 431 g/mol. The van der Waals surface area contributed by atoms with Crippen LogP contribution in [0.3, 0.4) is 0 Å². The van der Waals surface area contributed by atoms with Crippen LogP contribution in [0.15, 0.2) is 65.6 Å². The molecular formula is C24H19ClN4O2. The third kappa shape index (κ3) is 3.69. The Bertz CT molecular complexity index is 1380. The molecule has 0 bridgehead atoms. The Hall–Kier alpha value is -3.56. The summed E-state index contributed by atoms with van der Waals surface area (Å²) in [6.45, 7) is 0.356. The molecule has 1 aliphatic rings. The van der Waals surface area contributed by atoms with Gasteiger partial charge in [-0.3, -0.25) is 9.36 Å². The molecule has 1 fully saturated rings. The van der Waals surface area contributed by atoms with Gasteiger partial charge in [0, 0.05) is 30.3 Å². The van der Waals surface area contributed by atoms with E-state index in [-0.39, 0.29) is 17.4 Å². The number of rotatable bonds is 5. The van der Waals surface area contributed by atoms with Gasteiger partial charge in [0.15, 0.2) is 0 Å². The van der Waals surface area contributed by atoms with E-state index in [1.165, 1.54) is 6.07 Å². The highest BCUT2D eigenvalue weighted by molar-refractivity contribution is 6.30. The number of hydrogen-bond donors (Lipinski definition) is 0. The van der Waals surface area contributed by atoms with Crippen LogP contribution in [-0.4, -0.2) is 14.1 Å². The van der Waals surface area contributed by atoms with E-state index < -0.39 is 0 Å². The van der Waals surface area contributed by atoms with E-state index in [9.17, 15) is 4.79 Å². The van der Waals surface area contributed by atoms with E-state index in [0.717, 1.165) is 34.5 Å². The molecule has 2 heterocycles. The molecule has 2 unspecified atom stereocenters. The van der Waals surface area contributed by atoms with Crippen molar-refractivity contribution in [3.05, 3.63) is 87.6 Å². The number of pyridine rings is 1. The lowest BCUT2D eigenvalue weighted by molar-refractivity contribution is 0.305. The molecule has 2 aromatic heterocycles. The van der Waals surface area contributed by atoms with Crippen molar-refractivity contribution in [2.24, 2.45) is 13.0 Å². The number of fused-ring (bicyclic) bond motifs is 1. The fourth-order valence-electron chi connectivity index (χ4n) is 3.81. The molecule has 1 aliphatic carbocycles. The largest absolute Gasteiger partial charge is 0.489 e. The van der Waals surface area contributed by atoms with Crippen LogP contribution in [0.1, 0.15) is 23.7 Å². The van der Waals surface area contributed by atoms with Crippen molar-refractivity contribution in [3.63, 3.8) is 0 Å². The van der Waals surface area contributed by atoms with Crippen molar-refractivity contribution < 1.29 is 4.74 Å². The Morgan fingerprint density at radius 1 is 1.19 bits per heavy atom. The quantitative estimate of drug-likeness (QED) is 0.464. The first kappa shape index (κ1) is 19.4. The summed E-state index contributed by atoms with van der Waals surface area (Å²) in [5.74, 6) is 1.69. The number of nitriles is 1.